The molecule has 2 aliphatic rings. The molecule has 0 saturated carbocycles. The highest BCUT2D eigenvalue weighted by Gasteiger charge is 2.46. The zero-order valence-electron chi connectivity index (χ0n) is 16.5. The maximum Gasteiger partial charge on any atom is 0.272 e. The van der Waals surface area contributed by atoms with Gasteiger partial charge in [-0.25, -0.2) is 0 Å². The molecular weight excluding hydrogens is 346 g/mol. The van der Waals surface area contributed by atoms with Crippen molar-refractivity contribution in [2.45, 2.75) is 57.7 Å². The molecule has 0 bridgehead atoms. The van der Waals surface area contributed by atoms with Crippen molar-refractivity contribution in [1.29, 1.82) is 0 Å². The van der Waals surface area contributed by atoms with Crippen molar-refractivity contribution >= 4 is 38.2 Å². The minimum Gasteiger partial charge on any atom is -0.391 e. The Labute approximate surface area is 160 Å². The zero-order valence-corrected chi connectivity index (χ0v) is 16.5. The smallest absolute Gasteiger partial charge is 0.272 e. The van der Waals surface area contributed by atoms with Gasteiger partial charge in [0.1, 0.15) is 30.2 Å². The van der Waals surface area contributed by atoms with Crippen molar-refractivity contribution in [1.82, 2.24) is 15.4 Å². The third-order valence-corrected chi connectivity index (χ3v) is 5.25. The van der Waals surface area contributed by atoms with Crippen LogP contribution in [0.2, 0.25) is 0 Å². The Bertz CT molecular complexity index is 777. The van der Waals surface area contributed by atoms with Gasteiger partial charge in [0.15, 0.2) is 0 Å². The Kier molecular flexibility index (Phi) is 5.20. The number of nitrogens with zero attached hydrogens (tertiary/aromatic N) is 3. The largest absolute Gasteiger partial charge is 0.391 e. The van der Waals surface area contributed by atoms with Crippen LogP contribution < -0.4 is 10.9 Å². The lowest BCUT2D eigenvalue weighted by Crippen LogP contribution is -2.51. The van der Waals surface area contributed by atoms with E-state index in [2.05, 4.69) is 15.5 Å². The molecule has 1 saturated heterocycles. The number of aromatic nitrogens is 1. The summed E-state index contributed by atoms with van der Waals surface area (Å²) in [5, 5.41) is 17.3. The number of rotatable bonds is 5. The van der Waals surface area contributed by atoms with Gasteiger partial charge in [-0.3, -0.25) is 9.59 Å². The van der Waals surface area contributed by atoms with E-state index >= 15 is 0 Å². The van der Waals surface area contributed by atoms with Gasteiger partial charge < -0.3 is 19.8 Å². The molecule has 0 spiro atoms. The fraction of sp³-hybridized carbons (Fsp3) is 0.647. The Hall–Kier alpha value is -2.09. The van der Waals surface area contributed by atoms with Gasteiger partial charge in [0.2, 0.25) is 5.91 Å². The van der Waals surface area contributed by atoms with Gasteiger partial charge in [-0.15, -0.1) is 0 Å². The molecule has 1 aromatic rings. The number of hydrogen-bond acceptors (Lipinski definition) is 6. The van der Waals surface area contributed by atoms with E-state index < -0.39 is 23.6 Å². The lowest BCUT2D eigenvalue weighted by molar-refractivity contribution is -0.134. The van der Waals surface area contributed by atoms with Crippen molar-refractivity contribution in [3.8, 4) is 0 Å². The second kappa shape index (κ2) is 7.14. The summed E-state index contributed by atoms with van der Waals surface area (Å²) in [6.07, 6.45) is -0.307. The van der Waals surface area contributed by atoms with E-state index in [1.807, 2.05) is 27.7 Å². The minimum atomic E-state index is -0.796. The summed E-state index contributed by atoms with van der Waals surface area (Å²) in [7, 11) is 2.70. The first-order valence-corrected chi connectivity index (χ1v) is 9.49. The fourth-order valence-electron chi connectivity index (χ4n) is 3.68. The molecule has 3 atom stereocenters. The highest BCUT2D eigenvalue weighted by molar-refractivity contribution is 6.97. The van der Waals surface area contributed by atoms with Crippen LogP contribution in [0.25, 0.3) is 0 Å². The summed E-state index contributed by atoms with van der Waals surface area (Å²) in [6, 6.07) is 1.37. The maximum absolute atomic E-state index is 13.4. The number of aliphatic imine (C=N–C) groups is 1. The van der Waals surface area contributed by atoms with E-state index in [1.54, 1.807) is 18.7 Å². The second-order valence-corrected chi connectivity index (χ2v) is 8.24. The molecular formula is C17H26B2N4O4. The van der Waals surface area contributed by atoms with Crippen LogP contribution in [0.1, 0.15) is 45.8 Å². The lowest BCUT2D eigenvalue weighted by atomic mass is 9.53. The fourth-order valence-corrected chi connectivity index (χ4v) is 3.68. The van der Waals surface area contributed by atoms with E-state index in [0.29, 0.717) is 18.0 Å². The second-order valence-electron chi connectivity index (χ2n) is 8.24. The number of aliphatic hydroxyl groups is 1. The van der Waals surface area contributed by atoms with Crippen molar-refractivity contribution in [3.63, 3.8) is 0 Å². The van der Waals surface area contributed by atoms with Crippen LogP contribution >= 0.6 is 0 Å². The van der Waals surface area contributed by atoms with Crippen molar-refractivity contribution < 1.29 is 19.2 Å². The summed E-state index contributed by atoms with van der Waals surface area (Å²) in [4.78, 5) is 31.2. The summed E-state index contributed by atoms with van der Waals surface area (Å²) in [5.74, 6) is 0.0527. The normalized spacial score (nSPS) is 25.5. The van der Waals surface area contributed by atoms with Crippen LogP contribution in [0, 0.1) is 5.92 Å². The van der Waals surface area contributed by atoms with E-state index in [9.17, 15) is 14.7 Å². The number of likely N-dealkylation sites (tertiary alicyclic amines) is 1. The number of amidine groups is 1. The summed E-state index contributed by atoms with van der Waals surface area (Å²) in [5.41, 5.74) is 0.00588. The molecule has 2 N–H and O–H groups in total. The van der Waals surface area contributed by atoms with E-state index in [4.69, 9.17) is 4.52 Å². The van der Waals surface area contributed by atoms with E-state index in [0.717, 1.165) is 12.8 Å². The molecule has 27 heavy (non-hydrogen) atoms. The zero-order chi connectivity index (χ0) is 19.9. The predicted octanol–water partition coefficient (Wildman–Crippen LogP) is -1.71. The van der Waals surface area contributed by atoms with Gasteiger partial charge in [-0.05, 0) is 25.8 Å². The van der Waals surface area contributed by atoms with Gasteiger partial charge >= 0.3 is 0 Å². The first kappa shape index (κ1) is 19.7. The number of hydrogen-bond donors (Lipinski definition) is 2. The molecule has 10 heteroatoms. The summed E-state index contributed by atoms with van der Waals surface area (Å²) < 4.78 is 5.44. The molecule has 2 aliphatic heterocycles. The van der Waals surface area contributed by atoms with Gasteiger partial charge in [-0.2, -0.15) is 4.99 Å². The minimum absolute atomic E-state index is 0.00917. The monoisotopic (exact) mass is 372 g/mol. The molecule has 1 fully saturated rings. The number of carbonyl (C=O) groups is 2. The highest BCUT2D eigenvalue weighted by atomic mass is 16.5. The Morgan fingerprint density at radius 3 is 2.74 bits per heavy atom. The average Bonchev–Trinajstić information content (AvgIpc) is 3.26. The molecule has 0 aliphatic carbocycles. The topological polar surface area (TPSA) is 108 Å². The predicted molar refractivity (Wildman–Crippen MR) is 105 cm³/mol. The maximum atomic E-state index is 13.4. The molecule has 0 aromatic carbocycles. The number of nitrogens with one attached hydrogen (secondary N) is 1. The highest BCUT2D eigenvalue weighted by Crippen LogP contribution is 2.31. The number of amides is 2. The quantitative estimate of drug-likeness (QED) is 0.597. The first-order valence-electron chi connectivity index (χ1n) is 9.49. The number of aliphatic hydroxyl groups excluding tert-OH is 1. The molecule has 2 amide bonds. The third kappa shape index (κ3) is 3.67. The molecule has 3 unspecified atom stereocenters. The van der Waals surface area contributed by atoms with Crippen molar-refractivity contribution in [2.24, 2.45) is 10.9 Å². The van der Waals surface area contributed by atoms with Gasteiger partial charge in [0.25, 0.3) is 5.91 Å². The summed E-state index contributed by atoms with van der Waals surface area (Å²) in [6.45, 7) is 7.62. The van der Waals surface area contributed by atoms with Gasteiger partial charge in [0.05, 0.1) is 19.9 Å². The average molecular weight is 372 g/mol. The van der Waals surface area contributed by atoms with Crippen LogP contribution in [-0.2, 0) is 9.59 Å². The standard InChI is InChI=1S/C17H26B2N4O4/c1-8(2)13(11-6-12(19-18)22-27-11)15(25)23-7-9(24)5-10(23)14-20-16(26)17(3,4)21-14/h6,8-10,13,19,24H,5,7,18H2,1-4H3,(H,20,21,26). The van der Waals surface area contributed by atoms with E-state index in [1.165, 1.54) is 0 Å². The van der Waals surface area contributed by atoms with Gasteiger partial charge in [-0.1, -0.05) is 19.0 Å². The van der Waals surface area contributed by atoms with Crippen LogP contribution in [0.5, 0.6) is 0 Å². The number of β-amino-alcohol motifs (C(OH)–C–C–N with tert-alkyl or cyclic N) is 1. The third-order valence-electron chi connectivity index (χ3n) is 5.25. The lowest BCUT2D eigenvalue weighted by Gasteiger charge is -2.30. The first-order chi connectivity index (χ1) is 12.6. The van der Waals surface area contributed by atoms with Crippen LogP contribution in [0.15, 0.2) is 15.6 Å². The molecule has 3 heterocycles. The van der Waals surface area contributed by atoms with Crippen molar-refractivity contribution in [3.05, 3.63) is 11.8 Å². The van der Waals surface area contributed by atoms with Gasteiger partial charge in [0, 0.05) is 18.6 Å². The van der Waals surface area contributed by atoms with Crippen LogP contribution in [0.4, 0.5) is 0 Å². The Morgan fingerprint density at radius 2 is 2.22 bits per heavy atom. The molecule has 144 valence electrons. The molecule has 8 nitrogen and oxygen atoms in total. The Balaban J connectivity index is 1.88. The van der Waals surface area contributed by atoms with Crippen LogP contribution in [-0.4, -0.2) is 71.9 Å². The Morgan fingerprint density at radius 1 is 1.52 bits per heavy atom. The van der Waals surface area contributed by atoms with Crippen LogP contribution in [0.3, 0.4) is 0 Å². The molecule has 0 radical (unpaired) electrons. The molecule has 3 rings (SSSR count). The summed E-state index contributed by atoms with van der Waals surface area (Å²) >= 11 is 0. The van der Waals surface area contributed by atoms with E-state index in [-0.39, 0.29) is 24.3 Å². The van der Waals surface area contributed by atoms with Crippen molar-refractivity contribution in [2.75, 3.05) is 6.54 Å². The SMILES string of the molecule is BBc1cc(C(C(=O)N2CC(O)CC2C2=NC(=O)C(C)(C)N2)C(C)C)on1. The number of carbonyl (C=O) groups excluding carboxylic acids is 2. The molecule has 1 aromatic heterocycles.